The van der Waals surface area contributed by atoms with E-state index in [1.165, 1.54) is 0 Å². The van der Waals surface area contributed by atoms with Crippen LogP contribution in [0.1, 0.15) is 31.9 Å². The molecule has 0 spiro atoms. The maximum Gasteiger partial charge on any atom is 0.150 e. The Kier molecular flexibility index (Phi) is 6.18. The molecule has 102 valence electrons. The zero-order valence-electron chi connectivity index (χ0n) is 10.9. The van der Waals surface area contributed by atoms with Crippen molar-refractivity contribution in [2.45, 2.75) is 31.2 Å². The number of thioether (sulfide) groups is 1. The first-order valence-corrected chi connectivity index (χ1v) is 8.94. The van der Waals surface area contributed by atoms with Crippen molar-refractivity contribution in [3.63, 3.8) is 0 Å². The second-order valence-corrected chi connectivity index (χ2v) is 7.94. The summed E-state index contributed by atoms with van der Waals surface area (Å²) < 4.78 is 22.6. The van der Waals surface area contributed by atoms with Crippen molar-refractivity contribution < 1.29 is 8.42 Å². The third-order valence-electron chi connectivity index (χ3n) is 2.71. The number of rotatable bonds is 7. The number of hydrogen-bond donors (Lipinski definition) is 1. The van der Waals surface area contributed by atoms with Gasteiger partial charge in [-0.25, -0.2) is 8.42 Å². The van der Waals surface area contributed by atoms with Crippen LogP contribution in [0.3, 0.4) is 0 Å². The summed E-state index contributed by atoms with van der Waals surface area (Å²) in [4.78, 5) is 1.16. The van der Waals surface area contributed by atoms with Gasteiger partial charge in [0, 0.05) is 16.7 Å². The van der Waals surface area contributed by atoms with Gasteiger partial charge in [-0.15, -0.1) is 11.8 Å². The van der Waals surface area contributed by atoms with E-state index in [2.05, 4.69) is 0 Å². The normalized spacial score (nSPS) is 13.5. The summed E-state index contributed by atoms with van der Waals surface area (Å²) in [5.74, 6) is 1.35. The van der Waals surface area contributed by atoms with Gasteiger partial charge in [0.1, 0.15) is 9.84 Å². The van der Waals surface area contributed by atoms with Crippen molar-refractivity contribution in [1.82, 2.24) is 0 Å². The molecule has 0 bridgehead atoms. The van der Waals surface area contributed by atoms with Crippen LogP contribution < -0.4 is 5.73 Å². The van der Waals surface area contributed by atoms with Crippen molar-refractivity contribution in [2.75, 3.05) is 17.3 Å². The van der Waals surface area contributed by atoms with Gasteiger partial charge >= 0.3 is 0 Å². The molecule has 0 saturated carbocycles. The Morgan fingerprint density at radius 2 is 1.89 bits per heavy atom. The molecule has 18 heavy (non-hydrogen) atoms. The summed E-state index contributed by atoms with van der Waals surface area (Å²) >= 11 is 1.69. The average molecular weight is 287 g/mol. The van der Waals surface area contributed by atoms with E-state index in [1.807, 2.05) is 31.2 Å². The van der Waals surface area contributed by atoms with Crippen molar-refractivity contribution >= 4 is 21.6 Å². The Morgan fingerprint density at radius 1 is 1.28 bits per heavy atom. The monoisotopic (exact) mass is 287 g/mol. The SMILES string of the molecule is CCS(=O)(=O)CCCSc1ccc(C(C)N)cc1. The van der Waals surface area contributed by atoms with Gasteiger partial charge in [0.2, 0.25) is 0 Å². The molecule has 0 saturated heterocycles. The molecule has 1 unspecified atom stereocenters. The standard InChI is InChI=1S/C13H21NO2S2/c1-3-18(15,16)10-4-9-17-13-7-5-12(6-8-13)11(2)14/h5-8,11H,3-4,9-10,14H2,1-2H3. The topological polar surface area (TPSA) is 60.2 Å². The Balaban J connectivity index is 2.36. The van der Waals surface area contributed by atoms with E-state index in [-0.39, 0.29) is 17.5 Å². The molecule has 0 aliphatic carbocycles. The highest BCUT2D eigenvalue weighted by Gasteiger charge is 2.06. The number of hydrogen-bond acceptors (Lipinski definition) is 4. The first kappa shape index (κ1) is 15.5. The fourth-order valence-corrected chi connectivity index (χ4v) is 3.39. The van der Waals surface area contributed by atoms with Gasteiger partial charge < -0.3 is 5.73 Å². The van der Waals surface area contributed by atoms with E-state index >= 15 is 0 Å². The first-order chi connectivity index (χ1) is 8.44. The van der Waals surface area contributed by atoms with Gasteiger partial charge in [-0.3, -0.25) is 0 Å². The highest BCUT2D eigenvalue weighted by atomic mass is 32.2. The summed E-state index contributed by atoms with van der Waals surface area (Å²) in [5, 5.41) is 0. The Labute approximate surface area is 114 Å². The summed E-state index contributed by atoms with van der Waals surface area (Å²) in [7, 11) is -2.82. The second kappa shape index (κ2) is 7.16. The maximum atomic E-state index is 11.3. The predicted octanol–water partition coefficient (Wildman–Crippen LogP) is 2.62. The van der Waals surface area contributed by atoms with Crippen LogP contribution in [0.5, 0.6) is 0 Å². The van der Waals surface area contributed by atoms with Crippen LogP contribution in [-0.4, -0.2) is 25.7 Å². The molecular weight excluding hydrogens is 266 g/mol. The van der Waals surface area contributed by atoms with Crippen LogP contribution in [0.4, 0.5) is 0 Å². The lowest BCUT2D eigenvalue weighted by Gasteiger charge is -2.07. The minimum atomic E-state index is -2.82. The highest BCUT2D eigenvalue weighted by Crippen LogP contribution is 2.21. The maximum absolute atomic E-state index is 11.3. The Morgan fingerprint density at radius 3 is 2.39 bits per heavy atom. The molecule has 0 fully saturated rings. The van der Waals surface area contributed by atoms with Crippen LogP contribution in [0.2, 0.25) is 0 Å². The summed E-state index contributed by atoms with van der Waals surface area (Å²) in [6.07, 6.45) is 0.704. The number of nitrogens with two attached hydrogens (primary N) is 1. The molecule has 3 nitrogen and oxygen atoms in total. The smallest absolute Gasteiger partial charge is 0.150 e. The quantitative estimate of drug-likeness (QED) is 0.618. The number of benzene rings is 1. The van der Waals surface area contributed by atoms with Crippen LogP contribution >= 0.6 is 11.8 Å². The lowest BCUT2D eigenvalue weighted by Crippen LogP contribution is -2.09. The fourth-order valence-electron chi connectivity index (χ4n) is 1.48. The molecule has 0 radical (unpaired) electrons. The van der Waals surface area contributed by atoms with E-state index in [4.69, 9.17) is 5.73 Å². The van der Waals surface area contributed by atoms with Crippen molar-refractivity contribution in [3.8, 4) is 0 Å². The van der Waals surface area contributed by atoms with Gasteiger partial charge in [-0.05, 0) is 36.8 Å². The number of sulfone groups is 1. The van der Waals surface area contributed by atoms with E-state index < -0.39 is 9.84 Å². The molecule has 0 amide bonds. The molecule has 0 heterocycles. The van der Waals surface area contributed by atoms with Crippen LogP contribution in [0.15, 0.2) is 29.2 Å². The molecule has 1 aromatic carbocycles. The highest BCUT2D eigenvalue weighted by molar-refractivity contribution is 7.99. The lowest BCUT2D eigenvalue weighted by molar-refractivity contribution is 0.596. The van der Waals surface area contributed by atoms with Crippen LogP contribution in [0.25, 0.3) is 0 Å². The average Bonchev–Trinajstić information content (AvgIpc) is 2.35. The van der Waals surface area contributed by atoms with Crippen LogP contribution in [-0.2, 0) is 9.84 Å². The van der Waals surface area contributed by atoms with E-state index in [9.17, 15) is 8.42 Å². The molecule has 0 aliphatic rings. The van der Waals surface area contributed by atoms with Gasteiger partial charge in [-0.2, -0.15) is 0 Å². The third kappa shape index (κ3) is 5.42. The zero-order chi connectivity index (χ0) is 13.6. The third-order valence-corrected chi connectivity index (χ3v) is 5.60. The Hall–Kier alpha value is -0.520. The summed E-state index contributed by atoms with van der Waals surface area (Å²) in [5.41, 5.74) is 6.89. The fraction of sp³-hybridized carbons (Fsp3) is 0.538. The van der Waals surface area contributed by atoms with E-state index in [0.29, 0.717) is 6.42 Å². The van der Waals surface area contributed by atoms with Crippen molar-refractivity contribution in [3.05, 3.63) is 29.8 Å². The summed E-state index contributed by atoms with van der Waals surface area (Å²) in [6.45, 7) is 3.65. The lowest BCUT2D eigenvalue weighted by atomic mass is 10.1. The van der Waals surface area contributed by atoms with Gasteiger partial charge in [0.15, 0.2) is 0 Å². The van der Waals surface area contributed by atoms with Crippen molar-refractivity contribution in [1.29, 1.82) is 0 Å². The van der Waals surface area contributed by atoms with E-state index in [0.717, 1.165) is 16.2 Å². The largest absolute Gasteiger partial charge is 0.324 e. The van der Waals surface area contributed by atoms with Gasteiger partial charge in [0.25, 0.3) is 0 Å². The van der Waals surface area contributed by atoms with E-state index in [1.54, 1.807) is 18.7 Å². The van der Waals surface area contributed by atoms with Crippen molar-refractivity contribution in [2.24, 2.45) is 5.73 Å². The minimum Gasteiger partial charge on any atom is -0.324 e. The second-order valence-electron chi connectivity index (χ2n) is 4.30. The molecule has 5 heteroatoms. The zero-order valence-corrected chi connectivity index (χ0v) is 12.6. The first-order valence-electron chi connectivity index (χ1n) is 6.13. The van der Waals surface area contributed by atoms with Gasteiger partial charge in [0.05, 0.1) is 5.75 Å². The van der Waals surface area contributed by atoms with Gasteiger partial charge in [-0.1, -0.05) is 19.1 Å². The summed E-state index contributed by atoms with van der Waals surface area (Å²) in [6, 6.07) is 8.18. The van der Waals surface area contributed by atoms with Crippen LogP contribution in [0, 0.1) is 0 Å². The molecule has 2 N–H and O–H groups in total. The molecule has 1 rings (SSSR count). The predicted molar refractivity (Wildman–Crippen MR) is 78.7 cm³/mol. The molecule has 1 atom stereocenters. The molecule has 1 aromatic rings. The molecule has 0 aliphatic heterocycles. The molecule has 0 aromatic heterocycles. The Bertz CT molecular complexity index is 452. The molecular formula is C13H21NO2S2. The minimum absolute atomic E-state index is 0.0544.